The van der Waals surface area contributed by atoms with E-state index in [0.717, 1.165) is 16.1 Å². The molecule has 0 aliphatic carbocycles. The average molecular weight is 621 g/mol. The lowest BCUT2D eigenvalue weighted by molar-refractivity contribution is -0.140. The van der Waals surface area contributed by atoms with Crippen molar-refractivity contribution < 1.29 is 27.5 Å². The van der Waals surface area contributed by atoms with Gasteiger partial charge >= 0.3 is 0 Å². The van der Waals surface area contributed by atoms with Crippen LogP contribution in [0.5, 0.6) is 11.5 Å². The molecule has 9 nitrogen and oxygen atoms in total. The van der Waals surface area contributed by atoms with E-state index in [4.69, 9.17) is 32.7 Å². The Bertz CT molecular complexity index is 1520. The van der Waals surface area contributed by atoms with Gasteiger partial charge in [-0.15, -0.1) is 0 Å². The van der Waals surface area contributed by atoms with Crippen LogP contribution in [-0.2, 0) is 32.6 Å². The summed E-state index contributed by atoms with van der Waals surface area (Å²) in [6.45, 7) is 3.04. The summed E-state index contributed by atoms with van der Waals surface area (Å²) in [5, 5.41) is 3.63. The second-order valence-corrected chi connectivity index (χ2v) is 12.7. The molecule has 2 amide bonds. The van der Waals surface area contributed by atoms with E-state index in [1.165, 1.54) is 17.0 Å². The number of hydrogen-bond donors (Lipinski definition) is 1. The first-order valence-electron chi connectivity index (χ1n) is 12.9. The average Bonchev–Trinajstić information content (AvgIpc) is 3.38. The van der Waals surface area contributed by atoms with E-state index in [1.807, 2.05) is 44.2 Å². The van der Waals surface area contributed by atoms with Gasteiger partial charge in [-0.25, -0.2) is 8.42 Å². The minimum atomic E-state index is -3.93. The summed E-state index contributed by atoms with van der Waals surface area (Å²) in [6.07, 6.45) is 1.21. The number of rotatable bonds is 11. The zero-order valence-electron chi connectivity index (χ0n) is 22.8. The maximum Gasteiger partial charge on any atom is 0.244 e. The molecule has 0 saturated carbocycles. The van der Waals surface area contributed by atoms with E-state index in [-0.39, 0.29) is 37.4 Å². The van der Waals surface area contributed by atoms with Crippen molar-refractivity contribution in [2.24, 2.45) is 0 Å². The Hall–Kier alpha value is -3.47. The van der Waals surface area contributed by atoms with Crippen LogP contribution >= 0.6 is 23.2 Å². The van der Waals surface area contributed by atoms with Crippen molar-refractivity contribution in [2.75, 3.05) is 23.9 Å². The smallest absolute Gasteiger partial charge is 0.244 e. The summed E-state index contributed by atoms with van der Waals surface area (Å²) in [7, 11) is -3.93. The highest BCUT2D eigenvalue weighted by molar-refractivity contribution is 7.92. The SMILES string of the molecule is CC(C)NC(=O)[C@H](Cc1ccccc1)N(Cc1ccc(Cl)cc1Cl)C(=O)CN(c1ccc2c(c1)OCO2)S(C)(=O)=O. The van der Waals surface area contributed by atoms with Crippen LogP contribution in [0.15, 0.2) is 66.7 Å². The second-order valence-electron chi connectivity index (χ2n) is 9.93. The molecule has 0 spiro atoms. The zero-order valence-corrected chi connectivity index (χ0v) is 25.2. The number of sulfonamides is 1. The molecule has 0 bridgehead atoms. The fourth-order valence-electron chi connectivity index (χ4n) is 4.42. The fourth-order valence-corrected chi connectivity index (χ4v) is 5.73. The summed E-state index contributed by atoms with van der Waals surface area (Å²) in [5.41, 5.74) is 1.60. The van der Waals surface area contributed by atoms with Crippen molar-refractivity contribution in [1.82, 2.24) is 10.2 Å². The predicted octanol–water partition coefficient (Wildman–Crippen LogP) is 4.65. The van der Waals surface area contributed by atoms with Crippen LogP contribution < -0.4 is 19.1 Å². The minimum absolute atomic E-state index is 0.0123. The molecule has 4 rings (SSSR count). The van der Waals surface area contributed by atoms with Gasteiger partial charge < -0.3 is 19.7 Å². The summed E-state index contributed by atoms with van der Waals surface area (Å²) >= 11 is 12.6. The Balaban J connectivity index is 1.75. The molecule has 1 atom stereocenters. The minimum Gasteiger partial charge on any atom is -0.454 e. The van der Waals surface area contributed by atoms with Crippen LogP contribution in [-0.4, -0.2) is 56.8 Å². The largest absolute Gasteiger partial charge is 0.454 e. The number of nitrogens with zero attached hydrogens (tertiary/aromatic N) is 2. The second kappa shape index (κ2) is 13.0. The highest BCUT2D eigenvalue weighted by Gasteiger charge is 2.34. The van der Waals surface area contributed by atoms with Crippen LogP contribution in [0, 0.1) is 0 Å². The molecule has 218 valence electrons. The molecule has 1 heterocycles. The third-order valence-electron chi connectivity index (χ3n) is 6.38. The molecular weight excluding hydrogens is 589 g/mol. The van der Waals surface area contributed by atoms with E-state index >= 15 is 0 Å². The molecule has 3 aromatic rings. The number of anilines is 1. The molecule has 3 aromatic carbocycles. The maximum absolute atomic E-state index is 14.1. The molecule has 0 aromatic heterocycles. The van der Waals surface area contributed by atoms with E-state index in [9.17, 15) is 18.0 Å². The monoisotopic (exact) mass is 619 g/mol. The third kappa shape index (κ3) is 7.84. The standard InChI is InChI=1S/C29H31Cl2N3O6S/c1-19(2)32-29(36)25(13-20-7-5-4-6-8-20)33(16-21-9-10-22(30)14-24(21)31)28(35)17-34(41(3,37)38)23-11-12-26-27(15-23)40-18-39-26/h4-12,14-15,19,25H,13,16-18H2,1-3H3,(H,32,36)/t25-/m0/s1. The molecule has 12 heteroatoms. The number of ether oxygens (including phenoxy) is 2. The van der Waals surface area contributed by atoms with Crippen molar-refractivity contribution in [1.29, 1.82) is 0 Å². The van der Waals surface area contributed by atoms with E-state index < -0.39 is 28.5 Å². The van der Waals surface area contributed by atoms with Crippen molar-refractivity contribution in [2.45, 2.75) is 38.9 Å². The Labute approximate surface area is 250 Å². The number of halogens is 2. The highest BCUT2D eigenvalue weighted by Crippen LogP contribution is 2.36. The van der Waals surface area contributed by atoms with E-state index in [2.05, 4.69) is 5.32 Å². The molecule has 41 heavy (non-hydrogen) atoms. The van der Waals surface area contributed by atoms with Gasteiger partial charge in [0.05, 0.1) is 11.9 Å². The molecule has 1 N–H and O–H groups in total. The normalized spacial score (nSPS) is 13.1. The van der Waals surface area contributed by atoms with Crippen LogP contribution in [0.2, 0.25) is 10.0 Å². The zero-order chi connectivity index (χ0) is 29.7. The Morgan fingerprint density at radius 1 is 0.976 bits per heavy atom. The number of fused-ring (bicyclic) bond motifs is 1. The quantitative estimate of drug-likeness (QED) is 0.335. The van der Waals surface area contributed by atoms with Crippen molar-refractivity contribution in [3.05, 3.63) is 87.9 Å². The number of carbonyl (C=O) groups is 2. The lowest BCUT2D eigenvalue weighted by atomic mass is 10.0. The fraction of sp³-hybridized carbons (Fsp3) is 0.310. The van der Waals surface area contributed by atoms with Crippen molar-refractivity contribution in [3.8, 4) is 11.5 Å². The van der Waals surface area contributed by atoms with Gasteiger partial charge in [-0.2, -0.15) is 0 Å². The third-order valence-corrected chi connectivity index (χ3v) is 8.11. The lowest BCUT2D eigenvalue weighted by Gasteiger charge is -2.34. The first kappa shape index (κ1) is 30.5. The van der Waals surface area contributed by atoms with Gasteiger partial charge in [-0.3, -0.25) is 13.9 Å². The van der Waals surface area contributed by atoms with Gasteiger partial charge in [0.15, 0.2) is 11.5 Å². The van der Waals surface area contributed by atoms with Gasteiger partial charge in [0.2, 0.25) is 28.6 Å². The van der Waals surface area contributed by atoms with Crippen molar-refractivity contribution >= 4 is 50.7 Å². The topological polar surface area (TPSA) is 105 Å². The molecule has 0 saturated heterocycles. The summed E-state index contributed by atoms with van der Waals surface area (Å²) in [5.74, 6) is -0.136. The molecule has 1 aliphatic rings. The Morgan fingerprint density at radius 2 is 1.68 bits per heavy atom. The highest BCUT2D eigenvalue weighted by atomic mass is 35.5. The first-order valence-corrected chi connectivity index (χ1v) is 15.5. The van der Waals surface area contributed by atoms with E-state index in [1.54, 1.807) is 24.3 Å². The number of nitrogens with one attached hydrogen (secondary N) is 1. The molecule has 0 radical (unpaired) electrons. The summed E-state index contributed by atoms with van der Waals surface area (Å²) < 4.78 is 37.6. The predicted molar refractivity (Wildman–Crippen MR) is 159 cm³/mol. The van der Waals surface area contributed by atoms with Crippen LogP contribution in [0.1, 0.15) is 25.0 Å². The Morgan fingerprint density at radius 3 is 2.34 bits per heavy atom. The maximum atomic E-state index is 14.1. The number of carbonyl (C=O) groups excluding carboxylic acids is 2. The van der Waals surface area contributed by atoms with Gasteiger partial charge in [-0.05, 0) is 49.2 Å². The number of amides is 2. The number of benzene rings is 3. The lowest BCUT2D eigenvalue weighted by Crippen LogP contribution is -2.54. The number of hydrogen-bond acceptors (Lipinski definition) is 6. The summed E-state index contributed by atoms with van der Waals surface area (Å²) in [6, 6.07) is 17.6. The van der Waals surface area contributed by atoms with Crippen molar-refractivity contribution in [3.63, 3.8) is 0 Å². The van der Waals surface area contributed by atoms with Crippen LogP contribution in [0.25, 0.3) is 0 Å². The van der Waals surface area contributed by atoms with Crippen LogP contribution in [0.4, 0.5) is 5.69 Å². The molecule has 0 fully saturated rings. The molecular formula is C29H31Cl2N3O6S. The first-order chi connectivity index (χ1) is 19.4. The molecule has 1 aliphatic heterocycles. The molecule has 0 unspecified atom stereocenters. The van der Waals surface area contributed by atoms with Gasteiger partial charge in [0, 0.05) is 35.1 Å². The van der Waals surface area contributed by atoms with Gasteiger partial charge in [-0.1, -0.05) is 59.6 Å². The van der Waals surface area contributed by atoms with Crippen LogP contribution in [0.3, 0.4) is 0 Å². The van der Waals surface area contributed by atoms with E-state index in [0.29, 0.717) is 27.1 Å². The Kier molecular flexibility index (Phi) is 9.68. The summed E-state index contributed by atoms with van der Waals surface area (Å²) in [4.78, 5) is 29.1. The van der Waals surface area contributed by atoms with Gasteiger partial charge in [0.1, 0.15) is 12.6 Å². The van der Waals surface area contributed by atoms with Gasteiger partial charge in [0.25, 0.3) is 0 Å².